The normalized spacial score (nSPS) is 13.6. The van der Waals surface area contributed by atoms with Crippen LogP contribution >= 0.6 is 12.6 Å². The molecule has 0 saturated carbocycles. The molecule has 2 N–H and O–H groups in total. The molecule has 68 valence electrons. The molecule has 11 heavy (non-hydrogen) atoms. The second kappa shape index (κ2) is 3.81. The first kappa shape index (κ1) is 11.3. The summed E-state index contributed by atoms with van der Waals surface area (Å²) in [5.74, 6) is 0. The molecule has 0 fully saturated rings. The van der Waals surface area contributed by atoms with E-state index in [0.717, 1.165) is 19.3 Å². The molecule has 0 unspecified atom stereocenters. The van der Waals surface area contributed by atoms with Gasteiger partial charge in [-0.25, -0.2) is 0 Å². The Labute approximate surface area is 76.2 Å². The lowest BCUT2D eigenvalue weighted by molar-refractivity contribution is 0.337. The van der Waals surface area contributed by atoms with Gasteiger partial charge in [-0.2, -0.15) is 12.6 Å². The molecule has 0 aromatic carbocycles. The molecule has 0 radical (unpaired) electrons. The van der Waals surface area contributed by atoms with Crippen molar-refractivity contribution in [2.45, 2.75) is 57.2 Å². The van der Waals surface area contributed by atoms with Gasteiger partial charge in [-0.1, -0.05) is 27.7 Å². The van der Waals surface area contributed by atoms with E-state index in [1.165, 1.54) is 0 Å². The highest BCUT2D eigenvalue weighted by atomic mass is 32.1. The van der Waals surface area contributed by atoms with Gasteiger partial charge in [0.2, 0.25) is 0 Å². The number of hydrogen-bond donors (Lipinski definition) is 2. The lowest BCUT2D eigenvalue weighted by Crippen LogP contribution is -2.43. The molecule has 0 spiro atoms. The fourth-order valence-electron chi connectivity index (χ4n) is 1.36. The number of hydrogen-bond acceptors (Lipinski definition) is 2. The standard InChI is InChI=1S/C9H21NS/c1-5-9(10,6-2)7-8(3,4)11/h11H,5-7,10H2,1-4H3. The molecule has 0 aromatic rings. The van der Waals surface area contributed by atoms with Gasteiger partial charge in [0.25, 0.3) is 0 Å². The molecule has 0 aliphatic heterocycles. The quantitative estimate of drug-likeness (QED) is 0.631. The summed E-state index contributed by atoms with van der Waals surface area (Å²) >= 11 is 4.48. The third-order valence-corrected chi connectivity index (χ3v) is 2.35. The van der Waals surface area contributed by atoms with Crippen LogP contribution in [0.5, 0.6) is 0 Å². The zero-order chi connectivity index (χ0) is 9.12. The lowest BCUT2D eigenvalue weighted by atomic mass is 9.85. The first-order chi connectivity index (χ1) is 4.83. The van der Waals surface area contributed by atoms with Crippen LogP contribution in [0.2, 0.25) is 0 Å². The van der Waals surface area contributed by atoms with E-state index in [-0.39, 0.29) is 10.3 Å². The monoisotopic (exact) mass is 175 g/mol. The average Bonchev–Trinajstić information content (AvgIpc) is 1.84. The molecule has 0 bridgehead atoms. The van der Waals surface area contributed by atoms with Crippen molar-refractivity contribution in [2.24, 2.45) is 5.73 Å². The van der Waals surface area contributed by atoms with E-state index < -0.39 is 0 Å². The maximum Gasteiger partial charge on any atom is 0.0162 e. The van der Waals surface area contributed by atoms with Crippen molar-refractivity contribution in [1.82, 2.24) is 0 Å². The zero-order valence-electron chi connectivity index (χ0n) is 8.15. The Morgan fingerprint density at radius 3 is 1.64 bits per heavy atom. The fourth-order valence-corrected chi connectivity index (χ4v) is 1.68. The maximum atomic E-state index is 6.13. The van der Waals surface area contributed by atoms with Crippen LogP contribution in [0.1, 0.15) is 47.0 Å². The summed E-state index contributed by atoms with van der Waals surface area (Å²) in [5, 5.41) is 0. The molecule has 0 atom stereocenters. The van der Waals surface area contributed by atoms with Crippen LogP contribution in [0, 0.1) is 0 Å². The van der Waals surface area contributed by atoms with Gasteiger partial charge in [0.15, 0.2) is 0 Å². The summed E-state index contributed by atoms with van der Waals surface area (Å²) in [6, 6.07) is 0. The van der Waals surface area contributed by atoms with Gasteiger partial charge in [-0.15, -0.1) is 0 Å². The van der Waals surface area contributed by atoms with E-state index in [0.29, 0.717) is 0 Å². The molecule has 0 heterocycles. The highest BCUT2D eigenvalue weighted by molar-refractivity contribution is 7.81. The SMILES string of the molecule is CCC(N)(CC)CC(C)(C)S. The van der Waals surface area contributed by atoms with Crippen LogP contribution < -0.4 is 5.73 Å². The summed E-state index contributed by atoms with van der Waals surface area (Å²) in [7, 11) is 0. The number of rotatable bonds is 4. The van der Waals surface area contributed by atoms with Gasteiger partial charge in [0, 0.05) is 10.3 Å². The van der Waals surface area contributed by atoms with Gasteiger partial charge in [-0.3, -0.25) is 0 Å². The molecule has 0 amide bonds. The molecule has 0 aliphatic carbocycles. The highest BCUT2D eigenvalue weighted by Gasteiger charge is 2.27. The summed E-state index contributed by atoms with van der Waals surface area (Å²) in [6.07, 6.45) is 3.05. The minimum atomic E-state index is -0.00868. The minimum absolute atomic E-state index is 0.00868. The van der Waals surface area contributed by atoms with Gasteiger partial charge in [0.05, 0.1) is 0 Å². The molecule has 0 saturated heterocycles. The predicted molar refractivity (Wildman–Crippen MR) is 55.2 cm³/mol. The third kappa shape index (κ3) is 4.70. The van der Waals surface area contributed by atoms with Crippen LogP contribution in [-0.2, 0) is 0 Å². The first-order valence-electron chi connectivity index (χ1n) is 4.34. The van der Waals surface area contributed by atoms with E-state index in [9.17, 15) is 0 Å². The van der Waals surface area contributed by atoms with Crippen LogP contribution in [0.4, 0.5) is 0 Å². The Balaban J connectivity index is 4.08. The first-order valence-corrected chi connectivity index (χ1v) is 4.79. The van der Waals surface area contributed by atoms with Crippen LogP contribution in [0.3, 0.4) is 0 Å². The van der Waals surface area contributed by atoms with Crippen molar-refractivity contribution in [1.29, 1.82) is 0 Å². The molecule has 0 aliphatic rings. The average molecular weight is 175 g/mol. The van der Waals surface area contributed by atoms with Crippen molar-refractivity contribution in [2.75, 3.05) is 0 Å². The van der Waals surface area contributed by atoms with Crippen LogP contribution in [0.25, 0.3) is 0 Å². The third-order valence-electron chi connectivity index (χ3n) is 2.19. The second-order valence-electron chi connectivity index (χ2n) is 4.06. The number of nitrogens with two attached hydrogens (primary N) is 1. The Kier molecular flexibility index (Phi) is 3.92. The Bertz CT molecular complexity index is 111. The smallest absolute Gasteiger partial charge is 0.0162 e. The minimum Gasteiger partial charge on any atom is -0.325 e. The van der Waals surface area contributed by atoms with E-state index in [4.69, 9.17) is 5.73 Å². The maximum absolute atomic E-state index is 6.13. The van der Waals surface area contributed by atoms with Crippen molar-refractivity contribution in [3.8, 4) is 0 Å². The van der Waals surface area contributed by atoms with Crippen molar-refractivity contribution >= 4 is 12.6 Å². The lowest BCUT2D eigenvalue weighted by Gasteiger charge is -2.33. The summed E-state index contributed by atoms with van der Waals surface area (Å²) < 4.78 is 0.0563. The summed E-state index contributed by atoms with van der Waals surface area (Å²) in [4.78, 5) is 0. The van der Waals surface area contributed by atoms with E-state index in [2.05, 4.69) is 40.3 Å². The van der Waals surface area contributed by atoms with Gasteiger partial charge >= 0.3 is 0 Å². The molecule has 0 rings (SSSR count). The molecular formula is C9H21NS. The molecule has 0 aromatic heterocycles. The van der Waals surface area contributed by atoms with E-state index in [1.807, 2.05) is 0 Å². The van der Waals surface area contributed by atoms with Crippen molar-refractivity contribution < 1.29 is 0 Å². The molecule has 2 heteroatoms. The Morgan fingerprint density at radius 1 is 1.18 bits per heavy atom. The Hall–Kier alpha value is 0.310. The van der Waals surface area contributed by atoms with E-state index in [1.54, 1.807) is 0 Å². The molecule has 1 nitrogen and oxygen atoms in total. The summed E-state index contributed by atoms with van der Waals surface area (Å²) in [5.41, 5.74) is 6.13. The van der Waals surface area contributed by atoms with Crippen molar-refractivity contribution in [3.05, 3.63) is 0 Å². The molecular weight excluding hydrogens is 154 g/mol. The van der Waals surface area contributed by atoms with Crippen LogP contribution in [0.15, 0.2) is 0 Å². The Morgan fingerprint density at radius 2 is 1.55 bits per heavy atom. The largest absolute Gasteiger partial charge is 0.325 e. The van der Waals surface area contributed by atoms with Gasteiger partial charge in [0.1, 0.15) is 0 Å². The summed E-state index contributed by atoms with van der Waals surface area (Å²) in [6.45, 7) is 8.51. The van der Waals surface area contributed by atoms with Crippen LogP contribution in [-0.4, -0.2) is 10.3 Å². The predicted octanol–water partition coefficient (Wildman–Crippen LogP) is 2.60. The van der Waals surface area contributed by atoms with Crippen molar-refractivity contribution in [3.63, 3.8) is 0 Å². The second-order valence-corrected chi connectivity index (χ2v) is 5.27. The van der Waals surface area contributed by atoms with E-state index >= 15 is 0 Å². The van der Waals surface area contributed by atoms with Gasteiger partial charge < -0.3 is 5.73 Å². The zero-order valence-corrected chi connectivity index (χ0v) is 9.04. The topological polar surface area (TPSA) is 26.0 Å². The van der Waals surface area contributed by atoms with Gasteiger partial charge in [-0.05, 0) is 19.3 Å². The highest BCUT2D eigenvalue weighted by Crippen LogP contribution is 2.28. The number of thiol groups is 1. The fraction of sp³-hybridized carbons (Fsp3) is 1.00.